The van der Waals surface area contributed by atoms with Crippen molar-refractivity contribution in [2.75, 3.05) is 6.54 Å². The molecule has 2 nitrogen and oxygen atoms in total. The van der Waals surface area contributed by atoms with E-state index in [0.717, 1.165) is 6.54 Å². The highest BCUT2D eigenvalue weighted by molar-refractivity contribution is 8.01. The normalized spacial score (nSPS) is 23.7. The summed E-state index contributed by atoms with van der Waals surface area (Å²) in [6.45, 7) is 13.9. The Morgan fingerprint density at radius 3 is 2.07 bits per heavy atom. The summed E-state index contributed by atoms with van der Waals surface area (Å²) in [4.78, 5) is 13.8. The van der Waals surface area contributed by atoms with Gasteiger partial charge in [-0.1, -0.05) is 20.8 Å². The van der Waals surface area contributed by atoms with E-state index in [9.17, 15) is 4.79 Å². The number of nitrogens with zero attached hydrogens (tertiary/aromatic N) is 1. The third-order valence-corrected chi connectivity index (χ3v) is 3.78. The van der Waals surface area contributed by atoms with Gasteiger partial charge in [0.15, 0.2) is 0 Å². The highest BCUT2D eigenvalue weighted by Gasteiger charge is 2.37. The lowest BCUT2D eigenvalue weighted by molar-refractivity contribution is -0.131. The first kappa shape index (κ1) is 12.9. The van der Waals surface area contributed by atoms with E-state index < -0.39 is 0 Å². The van der Waals surface area contributed by atoms with Gasteiger partial charge in [0, 0.05) is 28.5 Å². The largest absolute Gasteiger partial charge is 0.337 e. The molecule has 1 heterocycles. The number of thioether (sulfide) groups is 1. The van der Waals surface area contributed by atoms with Crippen LogP contribution in [-0.2, 0) is 4.79 Å². The standard InChI is InChI=1S/C12H23NOS/c1-11(2,3)13-8-9(7-10(13)14)15-12(4,5)6/h9H,7-8H2,1-6H3. The molecular weight excluding hydrogens is 206 g/mol. The van der Waals surface area contributed by atoms with Gasteiger partial charge in [0.1, 0.15) is 0 Å². The van der Waals surface area contributed by atoms with Crippen molar-refractivity contribution in [3.05, 3.63) is 0 Å². The first-order valence-electron chi connectivity index (χ1n) is 5.58. The molecule has 1 aliphatic heterocycles. The van der Waals surface area contributed by atoms with Crippen LogP contribution in [0.3, 0.4) is 0 Å². The zero-order valence-corrected chi connectivity index (χ0v) is 11.6. The zero-order chi connectivity index (χ0) is 11.9. The van der Waals surface area contributed by atoms with E-state index in [1.54, 1.807) is 0 Å². The van der Waals surface area contributed by atoms with Crippen molar-refractivity contribution in [3.8, 4) is 0 Å². The average Bonchev–Trinajstić information content (AvgIpc) is 2.25. The van der Waals surface area contributed by atoms with E-state index in [1.807, 2.05) is 16.7 Å². The molecule has 0 aromatic heterocycles. The number of likely N-dealkylation sites (tertiary alicyclic amines) is 1. The van der Waals surface area contributed by atoms with Crippen molar-refractivity contribution in [2.45, 2.75) is 63.5 Å². The van der Waals surface area contributed by atoms with Gasteiger partial charge in [-0.15, -0.1) is 0 Å². The molecule has 0 saturated carbocycles. The number of hydrogen-bond acceptors (Lipinski definition) is 2. The number of rotatable bonds is 1. The Morgan fingerprint density at radius 1 is 1.20 bits per heavy atom. The molecule has 0 spiro atoms. The van der Waals surface area contributed by atoms with Crippen molar-refractivity contribution in [2.24, 2.45) is 0 Å². The predicted octanol–water partition coefficient (Wildman–Crippen LogP) is 2.92. The molecule has 1 atom stereocenters. The van der Waals surface area contributed by atoms with Crippen LogP contribution in [0.1, 0.15) is 48.0 Å². The highest BCUT2D eigenvalue weighted by Crippen LogP contribution is 2.35. The van der Waals surface area contributed by atoms with E-state index in [-0.39, 0.29) is 10.3 Å². The van der Waals surface area contributed by atoms with E-state index in [2.05, 4.69) is 41.5 Å². The molecule has 1 amide bonds. The van der Waals surface area contributed by atoms with Gasteiger partial charge in [-0.2, -0.15) is 11.8 Å². The Bertz CT molecular complexity index is 249. The summed E-state index contributed by atoms with van der Waals surface area (Å²) >= 11 is 1.93. The van der Waals surface area contributed by atoms with Crippen LogP contribution in [-0.4, -0.2) is 32.9 Å². The molecule has 1 fully saturated rings. The quantitative estimate of drug-likeness (QED) is 0.689. The molecule has 0 aromatic carbocycles. The van der Waals surface area contributed by atoms with Crippen LogP contribution in [0.25, 0.3) is 0 Å². The number of amides is 1. The van der Waals surface area contributed by atoms with Crippen LogP contribution in [0, 0.1) is 0 Å². The first-order valence-corrected chi connectivity index (χ1v) is 6.46. The summed E-state index contributed by atoms with van der Waals surface area (Å²) in [7, 11) is 0. The van der Waals surface area contributed by atoms with Crippen LogP contribution in [0.4, 0.5) is 0 Å². The molecule has 1 rings (SSSR count). The van der Waals surface area contributed by atoms with E-state index in [1.165, 1.54) is 0 Å². The molecule has 88 valence electrons. The fraction of sp³-hybridized carbons (Fsp3) is 0.917. The summed E-state index contributed by atoms with van der Waals surface area (Å²) in [5.41, 5.74) is -0.0235. The minimum Gasteiger partial charge on any atom is -0.337 e. The second-order valence-electron chi connectivity index (χ2n) is 6.23. The monoisotopic (exact) mass is 229 g/mol. The molecule has 1 unspecified atom stereocenters. The van der Waals surface area contributed by atoms with Gasteiger partial charge in [-0.05, 0) is 20.8 Å². The van der Waals surface area contributed by atoms with E-state index >= 15 is 0 Å². The average molecular weight is 229 g/mol. The summed E-state index contributed by atoms with van der Waals surface area (Å²) in [5, 5.41) is 0.469. The summed E-state index contributed by atoms with van der Waals surface area (Å²) < 4.78 is 0.249. The minimum atomic E-state index is -0.0235. The van der Waals surface area contributed by atoms with Gasteiger partial charge < -0.3 is 4.90 Å². The maximum Gasteiger partial charge on any atom is 0.224 e. The molecule has 0 N–H and O–H groups in total. The Balaban J connectivity index is 2.61. The predicted molar refractivity (Wildman–Crippen MR) is 67.2 cm³/mol. The smallest absolute Gasteiger partial charge is 0.224 e. The maximum absolute atomic E-state index is 11.8. The van der Waals surface area contributed by atoms with Crippen LogP contribution in [0.2, 0.25) is 0 Å². The van der Waals surface area contributed by atoms with Gasteiger partial charge in [0.25, 0.3) is 0 Å². The molecule has 1 aliphatic rings. The second kappa shape index (κ2) is 4.00. The van der Waals surface area contributed by atoms with Crippen molar-refractivity contribution in [1.29, 1.82) is 0 Å². The minimum absolute atomic E-state index is 0.0235. The van der Waals surface area contributed by atoms with Crippen molar-refractivity contribution in [1.82, 2.24) is 4.90 Å². The first-order chi connectivity index (χ1) is 6.59. The van der Waals surface area contributed by atoms with Gasteiger partial charge >= 0.3 is 0 Å². The Morgan fingerprint density at radius 2 is 1.73 bits per heavy atom. The molecule has 0 radical (unpaired) electrons. The van der Waals surface area contributed by atoms with Crippen LogP contribution < -0.4 is 0 Å². The molecule has 0 aromatic rings. The van der Waals surface area contributed by atoms with E-state index in [4.69, 9.17) is 0 Å². The Kier molecular flexibility index (Phi) is 3.44. The number of carbonyl (C=O) groups excluding carboxylic acids is 1. The second-order valence-corrected chi connectivity index (χ2v) is 8.36. The molecule has 0 bridgehead atoms. The topological polar surface area (TPSA) is 20.3 Å². The third kappa shape index (κ3) is 3.71. The van der Waals surface area contributed by atoms with Gasteiger partial charge in [-0.25, -0.2) is 0 Å². The van der Waals surface area contributed by atoms with Crippen molar-refractivity contribution >= 4 is 17.7 Å². The maximum atomic E-state index is 11.8. The van der Waals surface area contributed by atoms with Gasteiger partial charge in [-0.3, -0.25) is 4.79 Å². The molecule has 0 aliphatic carbocycles. The fourth-order valence-electron chi connectivity index (χ4n) is 1.90. The Labute approximate surface area is 97.8 Å². The van der Waals surface area contributed by atoms with Crippen LogP contribution in [0.15, 0.2) is 0 Å². The highest BCUT2D eigenvalue weighted by atomic mass is 32.2. The molecule has 1 saturated heterocycles. The zero-order valence-electron chi connectivity index (χ0n) is 10.8. The van der Waals surface area contributed by atoms with Crippen molar-refractivity contribution < 1.29 is 4.79 Å². The fourth-order valence-corrected chi connectivity index (χ4v) is 3.35. The van der Waals surface area contributed by atoms with Crippen LogP contribution in [0.5, 0.6) is 0 Å². The summed E-state index contributed by atoms with van der Waals surface area (Å²) in [6, 6.07) is 0. The lowest BCUT2D eigenvalue weighted by Crippen LogP contribution is -2.42. The van der Waals surface area contributed by atoms with Gasteiger partial charge in [0.05, 0.1) is 0 Å². The molecule has 3 heteroatoms. The summed E-state index contributed by atoms with van der Waals surface area (Å²) in [6.07, 6.45) is 0.708. The number of carbonyl (C=O) groups is 1. The lowest BCUT2D eigenvalue weighted by Gasteiger charge is -2.32. The molecule has 15 heavy (non-hydrogen) atoms. The lowest BCUT2D eigenvalue weighted by atomic mass is 10.1. The SMILES string of the molecule is CC(C)(C)SC1CC(=O)N(C(C)(C)C)C1. The van der Waals surface area contributed by atoms with E-state index in [0.29, 0.717) is 17.6 Å². The summed E-state index contributed by atoms with van der Waals surface area (Å²) in [5.74, 6) is 0.309. The van der Waals surface area contributed by atoms with Gasteiger partial charge in [0.2, 0.25) is 5.91 Å². The molecular formula is C12H23NOS. The van der Waals surface area contributed by atoms with Crippen LogP contribution >= 0.6 is 11.8 Å². The van der Waals surface area contributed by atoms with Crippen molar-refractivity contribution in [3.63, 3.8) is 0 Å². The third-order valence-electron chi connectivity index (χ3n) is 2.42. The number of hydrogen-bond donors (Lipinski definition) is 0. The Hall–Kier alpha value is -0.180.